The number of carbonyl (C=O) groups excluding carboxylic acids is 1. The first-order valence-electron chi connectivity index (χ1n) is 8.10. The number of amides is 1. The Morgan fingerprint density at radius 3 is 2.54 bits per heavy atom. The molecule has 1 unspecified atom stereocenters. The molecule has 0 radical (unpaired) electrons. The fourth-order valence-electron chi connectivity index (χ4n) is 2.46. The number of nitrogens with zero attached hydrogens (tertiary/aromatic N) is 3. The van der Waals surface area contributed by atoms with Crippen molar-refractivity contribution in [2.75, 3.05) is 20.6 Å². The summed E-state index contributed by atoms with van der Waals surface area (Å²) in [5, 5.41) is 7.18. The van der Waals surface area contributed by atoms with Crippen molar-refractivity contribution in [3.63, 3.8) is 0 Å². The van der Waals surface area contributed by atoms with E-state index in [0.29, 0.717) is 13.1 Å². The molecule has 1 aromatic carbocycles. The molecule has 6 nitrogen and oxygen atoms in total. The van der Waals surface area contributed by atoms with Gasteiger partial charge in [0.05, 0.1) is 6.04 Å². The summed E-state index contributed by atoms with van der Waals surface area (Å²) in [4.78, 5) is 26.3. The van der Waals surface area contributed by atoms with Gasteiger partial charge in [-0.3, -0.25) is 9.59 Å². The van der Waals surface area contributed by atoms with Crippen molar-refractivity contribution in [1.82, 2.24) is 20.0 Å². The van der Waals surface area contributed by atoms with Crippen LogP contribution in [0.1, 0.15) is 35.4 Å². The van der Waals surface area contributed by atoms with Gasteiger partial charge in [0, 0.05) is 19.2 Å². The molecule has 24 heavy (non-hydrogen) atoms. The highest BCUT2D eigenvalue weighted by Gasteiger charge is 2.18. The predicted octanol–water partition coefficient (Wildman–Crippen LogP) is 1.69. The Labute approximate surface area is 142 Å². The monoisotopic (exact) mass is 328 g/mol. The highest BCUT2D eigenvalue weighted by atomic mass is 16.2. The van der Waals surface area contributed by atoms with Crippen molar-refractivity contribution < 1.29 is 4.79 Å². The van der Waals surface area contributed by atoms with Gasteiger partial charge in [-0.1, -0.05) is 37.3 Å². The number of hydrogen-bond donors (Lipinski definition) is 1. The van der Waals surface area contributed by atoms with Crippen LogP contribution >= 0.6 is 0 Å². The third kappa shape index (κ3) is 4.76. The number of carbonyl (C=O) groups is 1. The van der Waals surface area contributed by atoms with Crippen LogP contribution in [-0.4, -0.2) is 41.2 Å². The van der Waals surface area contributed by atoms with E-state index in [4.69, 9.17) is 0 Å². The van der Waals surface area contributed by atoms with Gasteiger partial charge in [0.1, 0.15) is 5.69 Å². The van der Waals surface area contributed by atoms with E-state index in [0.717, 1.165) is 12.0 Å². The molecule has 2 rings (SSSR count). The van der Waals surface area contributed by atoms with Crippen LogP contribution in [0.15, 0.2) is 47.3 Å². The van der Waals surface area contributed by atoms with E-state index in [1.165, 1.54) is 16.8 Å². The SMILES string of the molecule is CCCn1nc(C(=O)NC(CN(C)C)c2ccccc2)ccc1=O. The molecule has 0 fully saturated rings. The fourth-order valence-corrected chi connectivity index (χ4v) is 2.46. The van der Waals surface area contributed by atoms with Gasteiger partial charge in [0.25, 0.3) is 11.5 Å². The molecule has 0 saturated carbocycles. The predicted molar refractivity (Wildman–Crippen MR) is 94.0 cm³/mol. The molecule has 0 saturated heterocycles. The zero-order chi connectivity index (χ0) is 17.5. The van der Waals surface area contributed by atoms with E-state index in [1.807, 2.05) is 56.3 Å². The van der Waals surface area contributed by atoms with E-state index < -0.39 is 0 Å². The molecular formula is C18H24N4O2. The van der Waals surface area contributed by atoms with Gasteiger partial charge in [-0.05, 0) is 32.1 Å². The van der Waals surface area contributed by atoms with Crippen molar-refractivity contribution in [2.45, 2.75) is 25.9 Å². The lowest BCUT2D eigenvalue weighted by Gasteiger charge is -2.22. The topological polar surface area (TPSA) is 67.2 Å². The Hall–Kier alpha value is -2.47. The first-order valence-corrected chi connectivity index (χ1v) is 8.10. The lowest BCUT2D eigenvalue weighted by molar-refractivity contribution is 0.0922. The number of benzene rings is 1. The van der Waals surface area contributed by atoms with E-state index in [9.17, 15) is 9.59 Å². The first kappa shape index (κ1) is 17.9. The minimum atomic E-state index is -0.282. The summed E-state index contributed by atoms with van der Waals surface area (Å²) in [6.07, 6.45) is 0.783. The summed E-state index contributed by atoms with van der Waals surface area (Å²) in [5.74, 6) is -0.282. The number of nitrogens with one attached hydrogen (secondary N) is 1. The molecule has 0 spiro atoms. The summed E-state index contributed by atoms with van der Waals surface area (Å²) in [6, 6.07) is 12.5. The summed E-state index contributed by atoms with van der Waals surface area (Å²) in [5.41, 5.74) is 1.09. The molecule has 1 heterocycles. The Morgan fingerprint density at radius 1 is 1.21 bits per heavy atom. The Morgan fingerprint density at radius 2 is 1.92 bits per heavy atom. The zero-order valence-corrected chi connectivity index (χ0v) is 14.4. The fraction of sp³-hybridized carbons (Fsp3) is 0.389. The number of rotatable bonds is 7. The molecule has 0 bridgehead atoms. The molecule has 128 valence electrons. The summed E-state index contributed by atoms with van der Waals surface area (Å²) >= 11 is 0. The van der Waals surface area contributed by atoms with Crippen LogP contribution in [-0.2, 0) is 6.54 Å². The van der Waals surface area contributed by atoms with Gasteiger partial charge < -0.3 is 10.2 Å². The average Bonchev–Trinajstić information content (AvgIpc) is 2.56. The van der Waals surface area contributed by atoms with Crippen LogP contribution in [0.2, 0.25) is 0 Å². The van der Waals surface area contributed by atoms with Gasteiger partial charge >= 0.3 is 0 Å². The molecule has 1 aromatic heterocycles. The van der Waals surface area contributed by atoms with E-state index in [1.54, 1.807) is 0 Å². The lowest BCUT2D eigenvalue weighted by Crippen LogP contribution is -2.36. The maximum absolute atomic E-state index is 12.6. The number of aromatic nitrogens is 2. The second-order valence-electron chi connectivity index (χ2n) is 5.98. The third-order valence-corrected chi connectivity index (χ3v) is 3.59. The van der Waals surface area contributed by atoms with Gasteiger partial charge in [-0.15, -0.1) is 0 Å². The normalized spacial score (nSPS) is 12.2. The van der Waals surface area contributed by atoms with Crippen LogP contribution in [0.3, 0.4) is 0 Å². The number of aryl methyl sites for hydroxylation is 1. The van der Waals surface area contributed by atoms with Gasteiger partial charge in [0.2, 0.25) is 0 Å². The van der Waals surface area contributed by atoms with Crippen molar-refractivity contribution in [3.8, 4) is 0 Å². The lowest BCUT2D eigenvalue weighted by atomic mass is 10.1. The van der Waals surface area contributed by atoms with Crippen molar-refractivity contribution in [1.29, 1.82) is 0 Å². The minimum Gasteiger partial charge on any atom is -0.343 e. The van der Waals surface area contributed by atoms with Crippen LogP contribution < -0.4 is 10.9 Å². The van der Waals surface area contributed by atoms with Gasteiger partial charge in [-0.25, -0.2) is 4.68 Å². The van der Waals surface area contributed by atoms with Gasteiger partial charge in [0.15, 0.2) is 0 Å². The van der Waals surface area contributed by atoms with Crippen molar-refractivity contribution in [3.05, 3.63) is 64.1 Å². The molecule has 0 aliphatic rings. The summed E-state index contributed by atoms with van der Waals surface area (Å²) in [6.45, 7) is 3.13. The van der Waals surface area contributed by atoms with E-state index in [2.05, 4.69) is 10.4 Å². The van der Waals surface area contributed by atoms with E-state index in [-0.39, 0.29) is 23.2 Å². The summed E-state index contributed by atoms with van der Waals surface area (Å²) in [7, 11) is 3.92. The highest BCUT2D eigenvalue weighted by molar-refractivity contribution is 5.92. The number of hydrogen-bond acceptors (Lipinski definition) is 4. The quantitative estimate of drug-likeness (QED) is 0.840. The smallest absolute Gasteiger partial charge is 0.272 e. The Balaban J connectivity index is 2.21. The Kier molecular flexibility index (Phi) is 6.26. The largest absolute Gasteiger partial charge is 0.343 e. The molecule has 1 amide bonds. The highest BCUT2D eigenvalue weighted by Crippen LogP contribution is 2.14. The van der Waals surface area contributed by atoms with Crippen molar-refractivity contribution in [2.24, 2.45) is 0 Å². The van der Waals surface area contributed by atoms with Crippen molar-refractivity contribution >= 4 is 5.91 Å². The first-order chi connectivity index (χ1) is 11.5. The molecule has 1 N–H and O–H groups in total. The van der Waals surface area contributed by atoms with Crippen LogP contribution in [0.5, 0.6) is 0 Å². The molecule has 6 heteroatoms. The zero-order valence-electron chi connectivity index (χ0n) is 14.4. The third-order valence-electron chi connectivity index (χ3n) is 3.59. The van der Waals surface area contributed by atoms with E-state index >= 15 is 0 Å². The molecule has 1 atom stereocenters. The standard InChI is InChI=1S/C18H24N4O2/c1-4-12-22-17(23)11-10-15(20-22)18(24)19-16(13-21(2)3)14-8-6-5-7-9-14/h5-11,16H,4,12-13H2,1-3H3,(H,19,24). The molecule has 2 aromatic rings. The molecule has 0 aliphatic carbocycles. The molecule has 0 aliphatic heterocycles. The second kappa shape index (κ2) is 8.40. The van der Waals surface area contributed by atoms with Crippen LogP contribution in [0.4, 0.5) is 0 Å². The Bertz CT molecular complexity index is 725. The second-order valence-corrected chi connectivity index (χ2v) is 5.98. The maximum atomic E-state index is 12.6. The average molecular weight is 328 g/mol. The number of likely N-dealkylation sites (N-methyl/N-ethyl adjacent to an activating group) is 1. The van der Waals surface area contributed by atoms with Crippen LogP contribution in [0.25, 0.3) is 0 Å². The summed E-state index contributed by atoms with van der Waals surface area (Å²) < 4.78 is 1.33. The van der Waals surface area contributed by atoms with Crippen LogP contribution in [0, 0.1) is 0 Å². The molecular weight excluding hydrogens is 304 g/mol. The minimum absolute atomic E-state index is 0.151. The maximum Gasteiger partial charge on any atom is 0.272 e. The van der Waals surface area contributed by atoms with Gasteiger partial charge in [-0.2, -0.15) is 5.10 Å².